The molecule has 1 N–H and O–H groups in total. The van der Waals surface area contributed by atoms with Gasteiger partial charge in [-0.05, 0) is 24.6 Å². The molecule has 0 unspecified atom stereocenters. The van der Waals surface area contributed by atoms with Gasteiger partial charge in [-0.2, -0.15) is 0 Å². The van der Waals surface area contributed by atoms with E-state index in [1.807, 2.05) is 12.1 Å². The lowest BCUT2D eigenvalue weighted by Crippen LogP contribution is -2.43. The van der Waals surface area contributed by atoms with Crippen molar-refractivity contribution in [1.29, 1.82) is 0 Å². The van der Waals surface area contributed by atoms with Gasteiger partial charge in [-0.1, -0.05) is 11.6 Å². The molecule has 0 saturated carbocycles. The Balaban J connectivity index is 2.29. The van der Waals surface area contributed by atoms with Crippen molar-refractivity contribution in [1.82, 2.24) is 5.32 Å². The third kappa shape index (κ3) is 2.25. The van der Waals surface area contributed by atoms with Crippen LogP contribution in [-0.2, 0) is 0 Å². The van der Waals surface area contributed by atoms with Gasteiger partial charge in [0.2, 0.25) is 0 Å². The fourth-order valence-electron chi connectivity index (χ4n) is 2.05. The van der Waals surface area contributed by atoms with Gasteiger partial charge in [0.25, 0.3) is 0 Å². The van der Waals surface area contributed by atoms with Crippen LogP contribution in [0.3, 0.4) is 0 Å². The average Bonchev–Trinajstić information content (AvgIpc) is 2.32. The number of hydrogen-bond acceptors (Lipinski definition) is 3. The topological polar surface area (TPSA) is 24.5 Å². The molecule has 1 saturated heterocycles. The zero-order valence-corrected chi connectivity index (χ0v) is 10.5. The predicted molar refractivity (Wildman–Crippen MR) is 67.8 cm³/mol. The summed E-state index contributed by atoms with van der Waals surface area (Å²) in [4.78, 5) is 2.36. The number of nitrogens with one attached hydrogen (secondary N) is 1. The van der Waals surface area contributed by atoms with Gasteiger partial charge in [0.1, 0.15) is 5.75 Å². The summed E-state index contributed by atoms with van der Waals surface area (Å²) in [7, 11) is 1.64. The van der Waals surface area contributed by atoms with E-state index in [9.17, 15) is 0 Å². The lowest BCUT2D eigenvalue weighted by molar-refractivity contribution is 0.414. The van der Waals surface area contributed by atoms with Gasteiger partial charge in [0, 0.05) is 31.9 Å². The minimum absolute atomic E-state index is 0.682. The second-order valence-electron chi connectivity index (χ2n) is 4.01. The summed E-state index contributed by atoms with van der Waals surface area (Å²) in [5, 5.41) is 4.02. The third-order valence-corrected chi connectivity index (χ3v) is 3.22. The standard InChI is InChI=1S/C12H17ClN2O/c1-9-7-12(16-2)10(13)8-11(9)15-5-3-14-4-6-15/h7-8,14H,3-6H2,1-2H3. The third-order valence-electron chi connectivity index (χ3n) is 2.93. The highest BCUT2D eigenvalue weighted by atomic mass is 35.5. The van der Waals surface area contributed by atoms with E-state index in [1.165, 1.54) is 11.3 Å². The van der Waals surface area contributed by atoms with Crippen LogP contribution in [0.5, 0.6) is 5.75 Å². The second kappa shape index (κ2) is 4.93. The SMILES string of the molecule is COc1cc(C)c(N2CCNCC2)cc1Cl. The number of nitrogens with zero attached hydrogens (tertiary/aromatic N) is 1. The Morgan fingerprint density at radius 2 is 2.00 bits per heavy atom. The van der Waals surface area contributed by atoms with E-state index in [0.29, 0.717) is 5.02 Å². The molecule has 0 atom stereocenters. The first kappa shape index (κ1) is 11.6. The van der Waals surface area contributed by atoms with Crippen LogP contribution in [0.15, 0.2) is 12.1 Å². The molecule has 1 aliphatic heterocycles. The van der Waals surface area contributed by atoms with E-state index < -0.39 is 0 Å². The van der Waals surface area contributed by atoms with Crippen LogP contribution in [0.2, 0.25) is 5.02 Å². The quantitative estimate of drug-likeness (QED) is 0.857. The predicted octanol–water partition coefficient (Wildman–Crippen LogP) is 2.07. The van der Waals surface area contributed by atoms with Crippen molar-refractivity contribution in [3.63, 3.8) is 0 Å². The summed E-state index contributed by atoms with van der Waals surface area (Å²) < 4.78 is 5.21. The van der Waals surface area contributed by atoms with Crippen LogP contribution < -0.4 is 15.0 Å². The van der Waals surface area contributed by atoms with E-state index in [-0.39, 0.29) is 0 Å². The average molecular weight is 241 g/mol. The molecule has 0 aromatic heterocycles. The maximum Gasteiger partial charge on any atom is 0.137 e. The minimum atomic E-state index is 0.682. The lowest BCUT2D eigenvalue weighted by atomic mass is 10.1. The molecule has 1 aromatic rings. The first-order chi connectivity index (χ1) is 7.72. The first-order valence-electron chi connectivity index (χ1n) is 5.52. The Morgan fingerprint density at radius 3 is 2.62 bits per heavy atom. The lowest BCUT2D eigenvalue weighted by Gasteiger charge is -2.31. The van der Waals surface area contributed by atoms with Crippen molar-refractivity contribution in [3.05, 3.63) is 22.7 Å². The summed E-state index contributed by atoms with van der Waals surface area (Å²) in [6.07, 6.45) is 0. The molecular weight excluding hydrogens is 224 g/mol. The van der Waals surface area contributed by atoms with E-state index >= 15 is 0 Å². The molecule has 0 aliphatic carbocycles. The Morgan fingerprint density at radius 1 is 1.31 bits per heavy atom. The van der Waals surface area contributed by atoms with Crippen LogP contribution >= 0.6 is 11.6 Å². The molecule has 4 heteroatoms. The number of hydrogen-bond donors (Lipinski definition) is 1. The number of anilines is 1. The zero-order chi connectivity index (χ0) is 11.5. The van der Waals surface area contributed by atoms with Crippen molar-refractivity contribution in [2.24, 2.45) is 0 Å². The monoisotopic (exact) mass is 240 g/mol. The van der Waals surface area contributed by atoms with Crippen molar-refractivity contribution in [2.75, 3.05) is 38.2 Å². The van der Waals surface area contributed by atoms with Crippen molar-refractivity contribution in [3.8, 4) is 5.75 Å². The van der Waals surface area contributed by atoms with Gasteiger partial charge < -0.3 is 15.0 Å². The van der Waals surface area contributed by atoms with Gasteiger partial charge in [0.15, 0.2) is 0 Å². The summed E-state index contributed by atoms with van der Waals surface area (Å²) >= 11 is 6.15. The van der Waals surface area contributed by atoms with Gasteiger partial charge in [0.05, 0.1) is 12.1 Å². The largest absolute Gasteiger partial charge is 0.495 e. The number of rotatable bonds is 2. The fraction of sp³-hybridized carbons (Fsp3) is 0.500. The maximum atomic E-state index is 6.15. The normalized spacial score (nSPS) is 16.3. The van der Waals surface area contributed by atoms with Gasteiger partial charge >= 0.3 is 0 Å². The fourth-order valence-corrected chi connectivity index (χ4v) is 2.28. The summed E-state index contributed by atoms with van der Waals surface area (Å²) in [6.45, 7) is 6.22. The van der Waals surface area contributed by atoms with Crippen molar-refractivity contribution < 1.29 is 4.74 Å². The molecule has 0 bridgehead atoms. The van der Waals surface area contributed by atoms with Gasteiger partial charge in [-0.3, -0.25) is 0 Å². The van der Waals surface area contributed by atoms with Crippen molar-refractivity contribution >= 4 is 17.3 Å². The first-order valence-corrected chi connectivity index (χ1v) is 5.90. The van der Waals surface area contributed by atoms with E-state index in [2.05, 4.69) is 17.1 Å². The molecule has 88 valence electrons. The number of methoxy groups -OCH3 is 1. The Labute approximate surface area is 101 Å². The number of halogens is 1. The van der Waals surface area contributed by atoms with Gasteiger partial charge in [-0.15, -0.1) is 0 Å². The minimum Gasteiger partial charge on any atom is -0.495 e. The van der Waals surface area contributed by atoms with E-state index in [4.69, 9.17) is 16.3 Å². The highest BCUT2D eigenvalue weighted by Crippen LogP contribution is 2.32. The molecule has 1 heterocycles. The molecule has 0 radical (unpaired) electrons. The Bertz CT molecular complexity index is 376. The van der Waals surface area contributed by atoms with Crippen molar-refractivity contribution in [2.45, 2.75) is 6.92 Å². The second-order valence-corrected chi connectivity index (χ2v) is 4.42. The molecule has 1 aliphatic rings. The highest BCUT2D eigenvalue weighted by molar-refractivity contribution is 6.32. The number of piperazine rings is 1. The van der Waals surface area contributed by atoms with E-state index in [0.717, 1.165) is 31.9 Å². The molecule has 1 aromatic carbocycles. The Kier molecular flexibility index (Phi) is 3.56. The number of benzene rings is 1. The molecule has 2 rings (SSSR count). The summed E-state index contributed by atoms with van der Waals surface area (Å²) in [6, 6.07) is 4.00. The zero-order valence-electron chi connectivity index (χ0n) is 9.72. The molecule has 0 amide bonds. The van der Waals surface area contributed by atoms with Crippen LogP contribution in [-0.4, -0.2) is 33.3 Å². The molecule has 1 fully saturated rings. The van der Waals surface area contributed by atoms with Crippen LogP contribution in [0.1, 0.15) is 5.56 Å². The molecule has 3 nitrogen and oxygen atoms in total. The smallest absolute Gasteiger partial charge is 0.137 e. The number of aryl methyl sites for hydroxylation is 1. The summed E-state index contributed by atoms with van der Waals surface area (Å²) in [5.41, 5.74) is 2.43. The van der Waals surface area contributed by atoms with Crippen LogP contribution in [0, 0.1) is 6.92 Å². The maximum absolute atomic E-state index is 6.15. The van der Waals surface area contributed by atoms with Crippen LogP contribution in [0.4, 0.5) is 5.69 Å². The van der Waals surface area contributed by atoms with Gasteiger partial charge in [-0.25, -0.2) is 0 Å². The number of ether oxygens (including phenoxy) is 1. The van der Waals surface area contributed by atoms with Crippen LogP contribution in [0.25, 0.3) is 0 Å². The summed E-state index contributed by atoms with van der Waals surface area (Å²) in [5.74, 6) is 0.748. The van der Waals surface area contributed by atoms with E-state index in [1.54, 1.807) is 7.11 Å². The highest BCUT2D eigenvalue weighted by Gasteiger charge is 2.14. The Hall–Kier alpha value is -0.930. The molecule has 16 heavy (non-hydrogen) atoms. The molecular formula is C12H17ClN2O. The molecule has 0 spiro atoms.